The Kier molecular flexibility index (Phi) is 5.51. The van der Waals surface area contributed by atoms with Gasteiger partial charge in [0.1, 0.15) is 17.4 Å². The number of phenolic OH excluding ortho intramolecular Hbond substituents is 1. The van der Waals surface area contributed by atoms with Gasteiger partial charge in [-0.3, -0.25) is 4.79 Å². The molecule has 0 bridgehead atoms. The molecule has 138 valence electrons. The van der Waals surface area contributed by atoms with Gasteiger partial charge in [0.2, 0.25) is 5.95 Å². The van der Waals surface area contributed by atoms with Crippen molar-refractivity contribution in [2.45, 2.75) is 19.3 Å². The Hall–Kier alpha value is -2.48. The molecule has 1 aliphatic rings. The van der Waals surface area contributed by atoms with Crippen LogP contribution in [-0.2, 0) is 6.42 Å². The molecule has 1 saturated heterocycles. The van der Waals surface area contributed by atoms with Crippen LogP contribution in [0.2, 0.25) is 5.02 Å². The highest BCUT2D eigenvalue weighted by molar-refractivity contribution is 6.33. The number of nitrogens with zero attached hydrogens (tertiary/aromatic N) is 3. The average Bonchev–Trinajstić information content (AvgIpc) is 3.12. The number of carbonyl (C=O) groups excluding carboxylic acids is 1. The lowest BCUT2D eigenvalue weighted by Gasteiger charge is -2.16. The molecule has 2 heterocycles. The number of aromatic nitrogens is 2. The third-order valence-corrected chi connectivity index (χ3v) is 4.40. The summed E-state index contributed by atoms with van der Waals surface area (Å²) in [6.07, 6.45) is 3.37. The smallest absolute Gasteiger partial charge is 0.271 e. The Balaban J connectivity index is 1.66. The molecule has 0 aliphatic carbocycles. The molecule has 1 fully saturated rings. The van der Waals surface area contributed by atoms with Crippen LogP contribution in [0.4, 0.5) is 14.7 Å². The minimum absolute atomic E-state index is 0.0170. The summed E-state index contributed by atoms with van der Waals surface area (Å²) in [5, 5.41) is 11.8. The van der Waals surface area contributed by atoms with E-state index in [9.17, 15) is 13.6 Å². The molecule has 6 nitrogen and oxygen atoms in total. The topological polar surface area (TPSA) is 78.3 Å². The summed E-state index contributed by atoms with van der Waals surface area (Å²) in [5.74, 6) is -2.33. The fourth-order valence-corrected chi connectivity index (χ4v) is 2.98. The molecule has 2 aromatic rings. The summed E-state index contributed by atoms with van der Waals surface area (Å²) in [6, 6.07) is 1.65. The molecular weight excluding hydrogens is 366 g/mol. The van der Waals surface area contributed by atoms with Crippen LogP contribution in [0.15, 0.2) is 18.3 Å². The van der Waals surface area contributed by atoms with Gasteiger partial charge in [0.15, 0.2) is 5.69 Å². The summed E-state index contributed by atoms with van der Waals surface area (Å²) in [7, 11) is 0. The molecule has 1 aromatic carbocycles. The zero-order valence-corrected chi connectivity index (χ0v) is 14.6. The van der Waals surface area contributed by atoms with Crippen LogP contribution in [0.25, 0.3) is 0 Å². The van der Waals surface area contributed by atoms with Crippen molar-refractivity contribution in [2.75, 3.05) is 24.5 Å². The van der Waals surface area contributed by atoms with Gasteiger partial charge in [0.25, 0.3) is 5.91 Å². The molecule has 0 spiro atoms. The number of amides is 1. The zero-order chi connectivity index (χ0) is 18.7. The van der Waals surface area contributed by atoms with Crippen LogP contribution in [0.1, 0.15) is 28.9 Å². The minimum Gasteiger partial charge on any atom is -0.508 e. The minimum atomic E-state index is -0.867. The van der Waals surface area contributed by atoms with Crippen LogP contribution >= 0.6 is 11.6 Å². The summed E-state index contributed by atoms with van der Waals surface area (Å²) in [5.41, 5.74) is -0.190. The Labute approximate surface area is 153 Å². The zero-order valence-electron chi connectivity index (χ0n) is 13.8. The van der Waals surface area contributed by atoms with Gasteiger partial charge in [-0.2, -0.15) is 0 Å². The van der Waals surface area contributed by atoms with Crippen molar-refractivity contribution in [3.63, 3.8) is 0 Å². The van der Waals surface area contributed by atoms with E-state index in [4.69, 9.17) is 16.7 Å². The average molecular weight is 383 g/mol. The van der Waals surface area contributed by atoms with E-state index >= 15 is 0 Å². The van der Waals surface area contributed by atoms with E-state index in [-0.39, 0.29) is 29.2 Å². The number of phenols is 1. The number of benzene rings is 1. The highest BCUT2D eigenvalue weighted by Crippen LogP contribution is 2.21. The normalized spacial score (nSPS) is 13.9. The Bertz CT molecular complexity index is 805. The summed E-state index contributed by atoms with van der Waals surface area (Å²) in [6.45, 7) is 1.63. The van der Waals surface area contributed by atoms with Crippen molar-refractivity contribution >= 4 is 23.5 Å². The second-order valence-corrected chi connectivity index (χ2v) is 6.36. The number of hydrogen-bond acceptors (Lipinski definition) is 5. The summed E-state index contributed by atoms with van der Waals surface area (Å²) < 4.78 is 27.4. The van der Waals surface area contributed by atoms with Crippen LogP contribution in [0.5, 0.6) is 5.75 Å². The van der Waals surface area contributed by atoms with Gasteiger partial charge < -0.3 is 15.3 Å². The second-order valence-electron chi connectivity index (χ2n) is 5.95. The van der Waals surface area contributed by atoms with Gasteiger partial charge in [-0.25, -0.2) is 18.7 Å². The first-order valence-electron chi connectivity index (χ1n) is 8.18. The van der Waals surface area contributed by atoms with Gasteiger partial charge in [0, 0.05) is 37.3 Å². The van der Waals surface area contributed by atoms with E-state index < -0.39 is 23.3 Å². The van der Waals surface area contributed by atoms with Crippen LogP contribution < -0.4 is 10.2 Å². The molecular formula is C17H17ClF2N4O2. The standard InChI is InChI=1S/C17H17ClF2N4O2/c18-12-9-22-17(24-5-1-2-6-24)23-15(12)16(26)21-4-3-11-13(19)7-10(25)8-14(11)20/h7-9,25H,1-6H2,(H,21,26). The predicted molar refractivity (Wildman–Crippen MR) is 92.5 cm³/mol. The third kappa shape index (κ3) is 4.01. The maximum Gasteiger partial charge on any atom is 0.271 e. The van der Waals surface area contributed by atoms with Gasteiger partial charge in [-0.1, -0.05) is 11.6 Å². The molecule has 1 amide bonds. The molecule has 26 heavy (non-hydrogen) atoms. The second kappa shape index (κ2) is 7.82. The molecule has 0 saturated carbocycles. The number of anilines is 1. The van der Waals surface area contributed by atoms with E-state index in [0.29, 0.717) is 5.95 Å². The number of halogens is 3. The molecule has 1 aromatic heterocycles. The monoisotopic (exact) mass is 382 g/mol. The van der Waals surface area contributed by atoms with Crippen molar-refractivity contribution in [2.24, 2.45) is 0 Å². The van der Waals surface area contributed by atoms with E-state index in [1.807, 2.05) is 4.90 Å². The van der Waals surface area contributed by atoms with Crippen molar-refractivity contribution < 1.29 is 18.7 Å². The summed E-state index contributed by atoms with van der Waals surface area (Å²) in [4.78, 5) is 22.6. The van der Waals surface area contributed by atoms with Crippen LogP contribution in [0, 0.1) is 11.6 Å². The van der Waals surface area contributed by atoms with Crippen molar-refractivity contribution in [1.82, 2.24) is 15.3 Å². The van der Waals surface area contributed by atoms with Gasteiger partial charge in [-0.15, -0.1) is 0 Å². The molecule has 0 atom stereocenters. The van der Waals surface area contributed by atoms with E-state index in [2.05, 4.69) is 15.3 Å². The van der Waals surface area contributed by atoms with Crippen LogP contribution in [-0.4, -0.2) is 40.6 Å². The Morgan fingerprint density at radius 3 is 2.58 bits per heavy atom. The number of rotatable bonds is 5. The van der Waals surface area contributed by atoms with E-state index in [0.717, 1.165) is 38.1 Å². The number of aromatic hydroxyl groups is 1. The first-order valence-corrected chi connectivity index (χ1v) is 8.56. The lowest BCUT2D eigenvalue weighted by atomic mass is 10.1. The quantitative estimate of drug-likeness (QED) is 0.831. The fraction of sp³-hybridized carbons (Fsp3) is 0.353. The SMILES string of the molecule is O=C(NCCc1c(F)cc(O)cc1F)c1nc(N2CCCC2)ncc1Cl. The highest BCUT2D eigenvalue weighted by Gasteiger charge is 2.20. The van der Waals surface area contributed by atoms with Crippen molar-refractivity contribution in [3.05, 3.63) is 46.2 Å². The van der Waals surface area contributed by atoms with Crippen molar-refractivity contribution in [3.8, 4) is 5.75 Å². The largest absolute Gasteiger partial charge is 0.508 e. The molecule has 3 rings (SSSR count). The molecule has 0 radical (unpaired) electrons. The maximum atomic E-state index is 13.7. The summed E-state index contributed by atoms with van der Waals surface area (Å²) >= 11 is 6.01. The lowest BCUT2D eigenvalue weighted by Crippen LogP contribution is -2.29. The fourth-order valence-electron chi connectivity index (χ4n) is 2.80. The third-order valence-electron chi connectivity index (χ3n) is 4.12. The van der Waals surface area contributed by atoms with Crippen molar-refractivity contribution in [1.29, 1.82) is 0 Å². The predicted octanol–water partition coefficient (Wildman–Crippen LogP) is 2.69. The number of hydrogen-bond donors (Lipinski definition) is 2. The first-order chi connectivity index (χ1) is 12.5. The Morgan fingerprint density at radius 2 is 1.92 bits per heavy atom. The maximum absolute atomic E-state index is 13.7. The first kappa shape index (κ1) is 18.3. The van der Waals surface area contributed by atoms with Gasteiger partial charge in [0.05, 0.1) is 11.2 Å². The van der Waals surface area contributed by atoms with E-state index in [1.54, 1.807) is 0 Å². The lowest BCUT2D eigenvalue weighted by molar-refractivity contribution is 0.0949. The molecule has 0 unspecified atom stereocenters. The van der Waals surface area contributed by atoms with Gasteiger partial charge >= 0.3 is 0 Å². The van der Waals surface area contributed by atoms with E-state index in [1.165, 1.54) is 6.20 Å². The number of carbonyl (C=O) groups is 1. The van der Waals surface area contributed by atoms with Gasteiger partial charge in [-0.05, 0) is 19.3 Å². The highest BCUT2D eigenvalue weighted by atomic mass is 35.5. The molecule has 2 N–H and O–H groups in total. The molecule has 1 aliphatic heterocycles. The Morgan fingerprint density at radius 1 is 1.27 bits per heavy atom. The number of nitrogens with one attached hydrogen (secondary N) is 1. The molecule has 9 heteroatoms. The van der Waals surface area contributed by atoms with Crippen LogP contribution in [0.3, 0.4) is 0 Å².